The first-order valence-electron chi connectivity index (χ1n) is 8.87. The van der Waals surface area contributed by atoms with Crippen LogP contribution < -0.4 is 5.32 Å². The fourth-order valence-corrected chi connectivity index (χ4v) is 3.53. The predicted molar refractivity (Wildman–Crippen MR) is 90.6 cm³/mol. The first-order chi connectivity index (χ1) is 11.6. The number of aliphatic carboxylic acids is 1. The van der Waals surface area contributed by atoms with Crippen LogP contribution in [0.5, 0.6) is 0 Å². The summed E-state index contributed by atoms with van der Waals surface area (Å²) < 4.78 is 5.97. The molecular weight excluding hydrogens is 306 g/mol. The minimum Gasteiger partial charge on any atom is -0.481 e. The minimum absolute atomic E-state index is 0.195. The van der Waals surface area contributed by atoms with Gasteiger partial charge in [0, 0.05) is 5.69 Å². The van der Waals surface area contributed by atoms with Crippen LogP contribution >= 0.6 is 0 Å². The highest BCUT2D eigenvalue weighted by molar-refractivity contribution is 5.96. The smallest absolute Gasteiger partial charge is 0.307 e. The van der Waals surface area contributed by atoms with Crippen LogP contribution in [0, 0.1) is 11.8 Å². The highest BCUT2D eigenvalue weighted by atomic mass is 16.5. The van der Waals surface area contributed by atoms with Crippen molar-refractivity contribution in [1.29, 1.82) is 0 Å². The zero-order valence-electron chi connectivity index (χ0n) is 13.9. The van der Waals surface area contributed by atoms with Crippen molar-refractivity contribution < 1.29 is 19.4 Å². The van der Waals surface area contributed by atoms with Gasteiger partial charge >= 0.3 is 5.97 Å². The van der Waals surface area contributed by atoms with Gasteiger partial charge in [-0.2, -0.15) is 0 Å². The van der Waals surface area contributed by atoms with E-state index in [0.717, 1.165) is 18.4 Å². The number of carboxylic acid groups (broad SMARTS) is 1. The van der Waals surface area contributed by atoms with Gasteiger partial charge in [-0.3, -0.25) is 9.59 Å². The van der Waals surface area contributed by atoms with Gasteiger partial charge in [0.2, 0.25) is 5.91 Å². The summed E-state index contributed by atoms with van der Waals surface area (Å²) in [7, 11) is 0. The topological polar surface area (TPSA) is 75.6 Å². The van der Waals surface area contributed by atoms with Crippen molar-refractivity contribution in [2.24, 2.45) is 11.8 Å². The normalized spacial score (nSPS) is 24.2. The summed E-state index contributed by atoms with van der Waals surface area (Å²) in [6, 6.07) is 7.62. The summed E-state index contributed by atoms with van der Waals surface area (Å²) in [5, 5.41) is 11.9. The number of anilines is 1. The maximum Gasteiger partial charge on any atom is 0.307 e. The number of nitrogens with one attached hydrogen (secondary N) is 1. The van der Waals surface area contributed by atoms with Crippen molar-refractivity contribution >= 4 is 17.6 Å². The standard InChI is InChI=1S/C19H25NO4/c21-18(16-9-10-17(16)19(22)23)20-14-6-4-5-13(11-14)12-24-15-7-2-1-3-8-15/h4-6,11,15-17H,1-3,7-10,12H2,(H,20,21)(H,22,23). The minimum atomic E-state index is -0.879. The van der Waals surface area contributed by atoms with Gasteiger partial charge < -0.3 is 15.2 Å². The molecule has 0 bridgehead atoms. The van der Waals surface area contributed by atoms with Crippen LogP contribution in [0.3, 0.4) is 0 Å². The lowest BCUT2D eigenvalue weighted by atomic mass is 9.73. The largest absolute Gasteiger partial charge is 0.481 e. The number of hydrogen-bond donors (Lipinski definition) is 2. The lowest BCUT2D eigenvalue weighted by molar-refractivity contribution is -0.151. The Hall–Kier alpha value is -1.88. The molecule has 0 heterocycles. The van der Waals surface area contributed by atoms with E-state index in [-0.39, 0.29) is 5.91 Å². The van der Waals surface area contributed by atoms with E-state index < -0.39 is 17.8 Å². The van der Waals surface area contributed by atoms with E-state index in [1.54, 1.807) is 0 Å². The zero-order chi connectivity index (χ0) is 16.9. The molecule has 2 aliphatic carbocycles. The molecule has 1 aromatic rings. The third kappa shape index (κ3) is 4.15. The van der Waals surface area contributed by atoms with Crippen molar-refractivity contribution in [2.75, 3.05) is 5.32 Å². The Morgan fingerprint density at radius 1 is 1.08 bits per heavy atom. The molecule has 1 aromatic carbocycles. The molecular formula is C19H25NO4. The van der Waals surface area contributed by atoms with E-state index >= 15 is 0 Å². The highest BCUT2D eigenvalue weighted by Gasteiger charge is 2.41. The van der Waals surface area contributed by atoms with E-state index in [1.807, 2.05) is 24.3 Å². The summed E-state index contributed by atoms with van der Waals surface area (Å²) >= 11 is 0. The Morgan fingerprint density at radius 2 is 1.83 bits per heavy atom. The van der Waals surface area contributed by atoms with Crippen LogP contribution in [0.25, 0.3) is 0 Å². The molecule has 0 aliphatic heterocycles. The van der Waals surface area contributed by atoms with E-state index in [2.05, 4.69) is 5.32 Å². The van der Waals surface area contributed by atoms with E-state index in [4.69, 9.17) is 9.84 Å². The Bertz CT molecular complexity index is 595. The first kappa shape index (κ1) is 17.0. The first-order valence-corrected chi connectivity index (χ1v) is 8.87. The van der Waals surface area contributed by atoms with Gasteiger partial charge in [-0.05, 0) is 43.4 Å². The van der Waals surface area contributed by atoms with Gasteiger partial charge in [0.15, 0.2) is 0 Å². The average molecular weight is 331 g/mol. The molecule has 5 nitrogen and oxygen atoms in total. The number of benzene rings is 1. The van der Waals surface area contributed by atoms with Gasteiger partial charge in [0.1, 0.15) is 0 Å². The molecule has 2 unspecified atom stereocenters. The van der Waals surface area contributed by atoms with Crippen molar-refractivity contribution in [3.63, 3.8) is 0 Å². The van der Waals surface area contributed by atoms with Crippen LogP contribution in [0.2, 0.25) is 0 Å². The SMILES string of the molecule is O=C(O)C1CCC1C(=O)Nc1cccc(COC2CCCCC2)c1. The van der Waals surface area contributed by atoms with Crippen molar-refractivity contribution in [3.8, 4) is 0 Å². The zero-order valence-corrected chi connectivity index (χ0v) is 13.9. The van der Waals surface area contributed by atoms with Crippen molar-refractivity contribution in [2.45, 2.75) is 57.7 Å². The second kappa shape index (κ2) is 7.79. The van der Waals surface area contributed by atoms with Gasteiger partial charge in [-0.1, -0.05) is 31.4 Å². The second-order valence-corrected chi connectivity index (χ2v) is 6.89. The van der Waals surface area contributed by atoms with E-state index in [1.165, 1.54) is 19.3 Å². The Morgan fingerprint density at radius 3 is 2.50 bits per heavy atom. The molecule has 0 aromatic heterocycles. The maximum atomic E-state index is 12.2. The fraction of sp³-hybridized carbons (Fsp3) is 0.579. The van der Waals surface area contributed by atoms with Gasteiger partial charge in [0.25, 0.3) is 0 Å². The van der Waals surface area contributed by atoms with Crippen LogP contribution in [0.4, 0.5) is 5.69 Å². The summed E-state index contributed by atoms with van der Waals surface area (Å²) in [6.07, 6.45) is 7.64. The molecule has 24 heavy (non-hydrogen) atoms. The van der Waals surface area contributed by atoms with Gasteiger partial charge in [0.05, 0.1) is 24.5 Å². The number of amides is 1. The molecule has 130 valence electrons. The van der Waals surface area contributed by atoms with Crippen LogP contribution in [0.15, 0.2) is 24.3 Å². The molecule has 5 heteroatoms. The van der Waals surface area contributed by atoms with Crippen LogP contribution in [-0.4, -0.2) is 23.1 Å². The van der Waals surface area contributed by atoms with Gasteiger partial charge in [-0.15, -0.1) is 0 Å². The molecule has 2 saturated carbocycles. The lowest BCUT2D eigenvalue weighted by Crippen LogP contribution is -2.41. The van der Waals surface area contributed by atoms with E-state index in [0.29, 0.717) is 31.2 Å². The number of carbonyl (C=O) groups is 2. The predicted octanol–water partition coefficient (Wildman–Crippen LogP) is 3.59. The second-order valence-electron chi connectivity index (χ2n) is 6.89. The Balaban J connectivity index is 1.53. The Labute approximate surface area is 142 Å². The van der Waals surface area contributed by atoms with Crippen LogP contribution in [0.1, 0.15) is 50.5 Å². The maximum absolute atomic E-state index is 12.2. The molecule has 3 rings (SSSR count). The van der Waals surface area contributed by atoms with Gasteiger partial charge in [-0.25, -0.2) is 0 Å². The summed E-state index contributed by atoms with van der Waals surface area (Å²) in [5.41, 5.74) is 1.74. The molecule has 0 saturated heterocycles. The third-order valence-corrected chi connectivity index (χ3v) is 5.16. The molecule has 2 N–H and O–H groups in total. The number of rotatable bonds is 6. The number of carbonyl (C=O) groups excluding carboxylic acids is 1. The Kier molecular flexibility index (Phi) is 5.51. The lowest BCUT2D eigenvalue weighted by Gasteiger charge is -2.31. The molecule has 0 spiro atoms. The average Bonchev–Trinajstić information content (AvgIpc) is 2.52. The molecule has 2 aliphatic rings. The number of hydrogen-bond acceptors (Lipinski definition) is 3. The molecule has 2 atom stereocenters. The van der Waals surface area contributed by atoms with Crippen molar-refractivity contribution in [1.82, 2.24) is 0 Å². The fourth-order valence-electron chi connectivity index (χ4n) is 3.53. The number of ether oxygens (including phenoxy) is 1. The quantitative estimate of drug-likeness (QED) is 0.835. The number of carboxylic acids is 1. The monoisotopic (exact) mass is 331 g/mol. The molecule has 0 radical (unpaired) electrons. The molecule has 1 amide bonds. The van der Waals surface area contributed by atoms with Crippen LogP contribution in [-0.2, 0) is 20.9 Å². The highest BCUT2D eigenvalue weighted by Crippen LogP contribution is 2.35. The van der Waals surface area contributed by atoms with E-state index in [9.17, 15) is 9.59 Å². The van der Waals surface area contributed by atoms with Crippen molar-refractivity contribution in [3.05, 3.63) is 29.8 Å². The summed E-state index contributed by atoms with van der Waals surface area (Å²) in [5.74, 6) is -2.03. The third-order valence-electron chi connectivity index (χ3n) is 5.16. The summed E-state index contributed by atoms with van der Waals surface area (Å²) in [6.45, 7) is 0.551. The summed E-state index contributed by atoms with van der Waals surface area (Å²) in [4.78, 5) is 23.3. The molecule has 2 fully saturated rings.